The fourth-order valence-electron chi connectivity index (χ4n) is 3.89. The number of hydrogen-bond acceptors (Lipinski definition) is 14. The molecule has 3 rings (SSSR count). The number of ketones is 1. The van der Waals surface area contributed by atoms with Crippen molar-refractivity contribution >= 4 is 41.0 Å². The van der Waals surface area contributed by atoms with E-state index in [1.807, 2.05) is 0 Å². The maximum absolute atomic E-state index is 12.5. The molecule has 0 bridgehead atoms. The van der Waals surface area contributed by atoms with Crippen LogP contribution in [0.4, 0.5) is 0 Å². The van der Waals surface area contributed by atoms with Crippen LogP contribution in [0.15, 0.2) is 29.1 Å². The van der Waals surface area contributed by atoms with Gasteiger partial charge in [-0.3, -0.25) is 24.0 Å². The van der Waals surface area contributed by atoms with Gasteiger partial charge in [0.25, 0.3) is 0 Å². The van der Waals surface area contributed by atoms with E-state index in [0.717, 1.165) is 20.8 Å². The molecule has 13 nitrogen and oxygen atoms in total. The van der Waals surface area contributed by atoms with Crippen molar-refractivity contribution < 1.29 is 57.5 Å². The Morgan fingerprint density at radius 3 is 1.97 bits per heavy atom. The van der Waals surface area contributed by atoms with Crippen LogP contribution in [0.1, 0.15) is 43.7 Å². The van der Waals surface area contributed by atoms with E-state index in [0.29, 0.717) is 0 Å². The quantitative estimate of drug-likeness (QED) is 0.250. The smallest absolute Gasteiger partial charge is 0.303 e. The Morgan fingerprint density at radius 1 is 0.872 bits per heavy atom. The second-order valence-electron chi connectivity index (χ2n) is 8.43. The number of hydrogen-bond donors (Lipinski definition) is 1. The largest absolute Gasteiger partial charge is 0.507 e. The van der Waals surface area contributed by atoms with Crippen molar-refractivity contribution in [3.63, 3.8) is 0 Å². The van der Waals surface area contributed by atoms with Gasteiger partial charge < -0.3 is 33.5 Å². The van der Waals surface area contributed by atoms with Crippen LogP contribution in [0.5, 0.6) is 11.5 Å². The third-order valence-electron chi connectivity index (χ3n) is 5.38. The lowest BCUT2D eigenvalue weighted by molar-refractivity contribution is -0.255. The van der Waals surface area contributed by atoms with Crippen LogP contribution >= 0.6 is 11.3 Å². The van der Waals surface area contributed by atoms with Gasteiger partial charge in [-0.2, -0.15) is 0 Å². The maximum atomic E-state index is 12.5. The molecule has 39 heavy (non-hydrogen) atoms. The van der Waals surface area contributed by atoms with Crippen molar-refractivity contribution in [1.29, 1.82) is 0 Å². The summed E-state index contributed by atoms with van der Waals surface area (Å²) in [6.07, 6.45) is -6.13. The number of thiazole rings is 1. The zero-order valence-corrected chi connectivity index (χ0v) is 22.3. The predicted octanol–water partition coefficient (Wildman–Crippen LogP) is 1.58. The average molecular weight is 566 g/mol. The van der Waals surface area contributed by atoms with Gasteiger partial charge in [0.05, 0.1) is 11.1 Å². The van der Waals surface area contributed by atoms with Crippen LogP contribution in [0.3, 0.4) is 0 Å². The first-order valence-electron chi connectivity index (χ1n) is 11.7. The number of nitrogens with zero attached hydrogens (tertiary/aromatic N) is 1. The van der Waals surface area contributed by atoms with Gasteiger partial charge in [0, 0.05) is 39.1 Å². The van der Waals surface area contributed by atoms with E-state index in [1.165, 1.54) is 42.0 Å². The van der Waals surface area contributed by atoms with Crippen molar-refractivity contribution in [3.8, 4) is 11.5 Å². The van der Waals surface area contributed by atoms with Crippen LogP contribution in [-0.2, 0) is 42.9 Å². The highest BCUT2D eigenvalue weighted by atomic mass is 32.1. The minimum Gasteiger partial charge on any atom is -0.507 e. The molecule has 1 aliphatic rings. The van der Waals surface area contributed by atoms with Crippen LogP contribution < -0.4 is 4.74 Å². The van der Waals surface area contributed by atoms with Crippen LogP contribution in [0.25, 0.3) is 0 Å². The molecule has 210 valence electrons. The number of ether oxygens (including phenoxy) is 6. The maximum Gasteiger partial charge on any atom is 0.303 e. The molecule has 14 heteroatoms. The van der Waals surface area contributed by atoms with Crippen LogP contribution in [-0.4, -0.2) is 83.5 Å². The highest BCUT2D eigenvalue weighted by Gasteiger charge is 2.52. The SMILES string of the molecule is CC(=O)OC[C@H]1O[C@@H](COc2ccc(C(=O)c3cscn3)c(O)c2)[C@@H](OC(C)=O)[C@@H](OC(C)=O)[C@H]1OC(C)=O. The lowest BCUT2D eigenvalue weighted by Crippen LogP contribution is -2.63. The van der Waals surface area contributed by atoms with Crippen molar-refractivity contribution in [3.05, 3.63) is 40.3 Å². The monoisotopic (exact) mass is 565 g/mol. The molecule has 0 spiro atoms. The third kappa shape index (κ3) is 7.97. The van der Waals surface area contributed by atoms with Crippen molar-refractivity contribution in [1.82, 2.24) is 4.98 Å². The second-order valence-corrected chi connectivity index (χ2v) is 9.15. The lowest BCUT2D eigenvalue weighted by Gasteiger charge is -2.44. The summed E-state index contributed by atoms with van der Waals surface area (Å²) in [5, 5.41) is 12.0. The van der Waals surface area contributed by atoms with Crippen LogP contribution in [0.2, 0.25) is 0 Å². The molecule has 2 aromatic rings. The minimum atomic E-state index is -1.33. The summed E-state index contributed by atoms with van der Waals surface area (Å²) < 4.78 is 32.8. The standard InChI is InChI=1S/C25H27NO12S/c1-12(27)33-8-20-23(35-13(2)28)25(37-15(4)30)24(36-14(3)29)21(38-20)9-34-16-5-6-17(19(31)7-16)22(32)18-10-39-11-26-18/h5-7,10-11,20-21,23-25,31H,8-9H2,1-4H3/t20-,21+,23+,24-,25+/m1/s1. The zero-order valence-electron chi connectivity index (χ0n) is 21.5. The molecular formula is C25H27NO12S. The Morgan fingerprint density at radius 2 is 1.46 bits per heavy atom. The molecule has 1 aromatic carbocycles. The average Bonchev–Trinajstić information content (AvgIpc) is 3.38. The molecule has 1 saturated heterocycles. The van der Waals surface area contributed by atoms with Gasteiger partial charge in [-0.15, -0.1) is 11.3 Å². The molecule has 1 fully saturated rings. The molecular weight excluding hydrogens is 538 g/mol. The number of carbonyl (C=O) groups is 5. The first-order valence-corrected chi connectivity index (χ1v) is 12.6. The molecule has 0 aliphatic carbocycles. The highest BCUT2D eigenvalue weighted by Crippen LogP contribution is 2.31. The van der Waals surface area contributed by atoms with E-state index < -0.39 is 60.2 Å². The summed E-state index contributed by atoms with van der Waals surface area (Å²) in [6, 6.07) is 4.01. The zero-order chi connectivity index (χ0) is 28.7. The second kappa shape index (κ2) is 13.2. The summed E-state index contributed by atoms with van der Waals surface area (Å²) in [6.45, 7) is 3.86. The normalized spacial score (nSPS) is 22.3. The molecule has 5 atom stereocenters. The summed E-state index contributed by atoms with van der Waals surface area (Å²) in [5.74, 6) is -3.57. The van der Waals surface area contributed by atoms with Gasteiger partial charge in [0.2, 0.25) is 5.78 Å². The van der Waals surface area contributed by atoms with E-state index in [1.54, 1.807) is 5.38 Å². The number of carbonyl (C=O) groups excluding carboxylic acids is 5. The third-order valence-corrected chi connectivity index (χ3v) is 5.97. The molecule has 0 radical (unpaired) electrons. The van der Waals surface area contributed by atoms with E-state index in [2.05, 4.69) is 4.98 Å². The summed E-state index contributed by atoms with van der Waals surface area (Å²) >= 11 is 1.24. The van der Waals surface area contributed by atoms with Crippen LogP contribution in [0, 0.1) is 0 Å². The number of esters is 4. The number of aromatic hydroxyl groups is 1. The van der Waals surface area contributed by atoms with E-state index in [4.69, 9.17) is 28.4 Å². The fraction of sp³-hybridized carbons (Fsp3) is 0.440. The number of phenols is 1. The van der Waals surface area contributed by atoms with Gasteiger partial charge in [-0.05, 0) is 12.1 Å². The number of aromatic nitrogens is 1. The van der Waals surface area contributed by atoms with E-state index in [-0.39, 0.29) is 36.0 Å². The number of benzene rings is 1. The van der Waals surface area contributed by atoms with Gasteiger partial charge in [-0.1, -0.05) is 0 Å². The Balaban J connectivity index is 1.86. The number of phenolic OH excluding ortho intramolecular Hbond substituents is 1. The Bertz CT molecular complexity index is 1210. The highest BCUT2D eigenvalue weighted by molar-refractivity contribution is 7.07. The Kier molecular flexibility index (Phi) is 9.95. The molecule has 0 saturated carbocycles. The minimum absolute atomic E-state index is 0.0144. The summed E-state index contributed by atoms with van der Waals surface area (Å²) in [5.41, 5.74) is 1.69. The van der Waals surface area contributed by atoms with Crippen molar-refractivity contribution in [2.75, 3.05) is 13.2 Å². The topological polar surface area (TPSA) is 174 Å². The number of rotatable bonds is 10. The fourth-order valence-corrected chi connectivity index (χ4v) is 4.42. The van der Waals surface area contributed by atoms with Crippen molar-refractivity contribution in [2.45, 2.75) is 58.2 Å². The van der Waals surface area contributed by atoms with Gasteiger partial charge >= 0.3 is 23.9 Å². The molecule has 0 amide bonds. The molecule has 2 heterocycles. The Labute approximate surface area is 226 Å². The Hall–Kier alpha value is -4.04. The first-order chi connectivity index (χ1) is 18.5. The van der Waals surface area contributed by atoms with Gasteiger partial charge in [-0.25, -0.2) is 4.98 Å². The summed E-state index contributed by atoms with van der Waals surface area (Å²) in [7, 11) is 0. The van der Waals surface area contributed by atoms with Crippen molar-refractivity contribution in [2.24, 2.45) is 0 Å². The first kappa shape index (κ1) is 29.5. The molecule has 0 unspecified atom stereocenters. The molecule has 1 N–H and O–H groups in total. The van der Waals surface area contributed by atoms with E-state index >= 15 is 0 Å². The van der Waals surface area contributed by atoms with Gasteiger partial charge in [0.1, 0.15) is 42.6 Å². The predicted molar refractivity (Wildman–Crippen MR) is 131 cm³/mol. The summed E-state index contributed by atoms with van der Waals surface area (Å²) in [4.78, 5) is 63.6. The molecule has 1 aliphatic heterocycles. The molecule has 1 aromatic heterocycles. The van der Waals surface area contributed by atoms with E-state index in [9.17, 15) is 29.1 Å². The lowest BCUT2D eigenvalue weighted by atomic mass is 9.94. The van der Waals surface area contributed by atoms with Gasteiger partial charge in [0.15, 0.2) is 18.3 Å².